The molecule has 0 fully saturated rings. The molecule has 4 aromatic carbocycles. The van der Waals surface area contributed by atoms with E-state index in [1.165, 1.54) is 12.8 Å². The van der Waals surface area contributed by atoms with Crippen LogP contribution < -0.4 is 11.5 Å². The molecule has 0 amide bonds. The van der Waals surface area contributed by atoms with Crippen molar-refractivity contribution in [2.75, 3.05) is 0 Å². The van der Waals surface area contributed by atoms with E-state index in [2.05, 4.69) is 112 Å². The maximum atomic E-state index is 6.99. The van der Waals surface area contributed by atoms with E-state index < -0.39 is 10.9 Å². The first-order valence-corrected chi connectivity index (χ1v) is 13.1. The number of hydrogen-bond acceptors (Lipinski definition) is 2. The predicted octanol–water partition coefficient (Wildman–Crippen LogP) is 6.51. The quantitative estimate of drug-likeness (QED) is 0.173. The number of unbranched alkanes of at least 4 members (excludes halogenated alkanes) is 3. The lowest BCUT2D eigenvalue weighted by molar-refractivity contribution is 0.677. The van der Waals surface area contributed by atoms with Crippen molar-refractivity contribution in [3.05, 3.63) is 144 Å². The maximum Gasteiger partial charge on any atom is 0.149 e. The number of hydrogen-bond donors (Lipinski definition) is 2. The van der Waals surface area contributed by atoms with Crippen LogP contribution >= 0.6 is 0 Å². The summed E-state index contributed by atoms with van der Waals surface area (Å²) < 4.78 is 0. The van der Waals surface area contributed by atoms with Gasteiger partial charge in [-0.3, -0.25) is 0 Å². The van der Waals surface area contributed by atoms with Crippen LogP contribution in [0.25, 0.3) is 0 Å². The molecule has 2 radical (unpaired) electrons. The second kappa shape index (κ2) is 12.8. The lowest BCUT2D eigenvalue weighted by atomic mass is 9.50. The van der Waals surface area contributed by atoms with Crippen LogP contribution in [0.5, 0.6) is 0 Å². The minimum Gasteiger partial charge on any atom is -0.325 e. The first-order chi connectivity index (χ1) is 17.6. The van der Waals surface area contributed by atoms with Crippen LogP contribution in [-0.4, -0.2) is 14.6 Å². The minimum absolute atomic E-state index is 0.569. The molecule has 0 heterocycles. The van der Waals surface area contributed by atoms with Gasteiger partial charge in [-0.15, -0.1) is 0 Å². The molecule has 0 aromatic heterocycles. The number of benzene rings is 4. The maximum absolute atomic E-state index is 6.99. The molecule has 0 aliphatic carbocycles. The summed E-state index contributed by atoms with van der Waals surface area (Å²) in [7, 11) is 4.58. The Bertz CT molecular complexity index is 978. The first kappa shape index (κ1) is 26.0. The Hall–Kier alpha value is -3.07. The van der Waals surface area contributed by atoms with E-state index in [9.17, 15) is 0 Å². The second-order valence-electron chi connectivity index (χ2n) is 9.60. The van der Waals surface area contributed by atoms with Gasteiger partial charge in [-0.1, -0.05) is 160 Å². The van der Waals surface area contributed by atoms with E-state index in [1.54, 1.807) is 0 Å². The van der Waals surface area contributed by atoms with Gasteiger partial charge in [-0.05, 0) is 22.3 Å². The third-order valence-corrected chi connectivity index (χ3v) is 7.10. The average Bonchev–Trinajstić information content (AvgIpc) is 2.96. The van der Waals surface area contributed by atoms with Gasteiger partial charge >= 0.3 is 0 Å². The van der Waals surface area contributed by atoms with E-state index in [-0.39, 0.29) is 0 Å². The highest BCUT2D eigenvalue weighted by atomic mass is 14.7. The van der Waals surface area contributed by atoms with Crippen LogP contribution in [0, 0.1) is 0 Å². The van der Waals surface area contributed by atoms with Crippen LogP contribution in [-0.2, 0) is 10.9 Å². The lowest BCUT2D eigenvalue weighted by Gasteiger charge is -2.31. The van der Waals surface area contributed by atoms with Crippen LogP contribution in [0.4, 0.5) is 0 Å². The Morgan fingerprint density at radius 3 is 0.889 bits per heavy atom. The van der Waals surface area contributed by atoms with Gasteiger partial charge in [0.2, 0.25) is 0 Å². The Balaban J connectivity index is 1.27. The van der Waals surface area contributed by atoms with E-state index in [0.29, 0.717) is 0 Å². The SMILES string of the molecule is NC([B]CCCCCC[B]C(N)(c1ccccc1)c1ccccc1)(c1ccccc1)c1ccccc1. The molecular weight excluding hydrogens is 434 g/mol. The van der Waals surface area contributed by atoms with Gasteiger partial charge in [0.05, 0.1) is 0 Å². The minimum atomic E-state index is -0.569. The zero-order valence-corrected chi connectivity index (χ0v) is 21.1. The molecule has 0 spiro atoms. The molecule has 180 valence electrons. The summed E-state index contributed by atoms with van der Waals surface area (Å²) in [6.07, 6.45) is 6.59. The Labute approximate surface area is 218 Å². The van der Waals surface area contributed by atoms with Gasteiger partial charge in [0, 0.05) is 10.9 Å². The first-order valence-electron chi connectivity index (χ1n) is 13.1. The summed E-state index contributed by atoms with van der Waals surface area (Å²) >= 11 is 0. The highest BCUT2D eigenvalue weighted by Crippen LogP contribution is 2.29. The zero-order valence-electron chi connectivity index (χ0n) is 21.1. The molecule has 4 N–H and O–H groups in total. The molecule has 0 aliphatic heterocycles. The Morgan fingerprint density at radius 1 is 0.389 bits per heavy atom. The van der Waals surface area contributed by atoms with Crippen molar-refractivity contribution in [3.8, 4) is 0 Å². The standard InChI is InChI=1S/C32H36B2N2/c35-31(27-17-7-3-8-18-27,28-19-9-4-10-20-28)33-25-15-1-2-16-26-34-32(36,29-21-11-5-12-22-29)30-23-13-6-14-24-30/h3-14,17-24H,1-2,15-16,25-26,35-36H2. The summed E-state index contributed by atoms with van der Waals surface area (Å²) in [5, 5.41) is 0. The molecule has 0 aliphatic rings. The van der Waals surface area contributed by atoms with Crippen LogP contribution in [0.1, 0.15) is 47.9 Å². The highest BCUT2D eigenvalue weighted by molar-refractivity contribution is 6.41. The molecule has 0 saturated heterocycles. The van der Waals surface area contributed by atoms with Crippen LogP contribution in [0.2, 0.25) is 12.6 Å². The van der Waals surface area contributed by atoms with Crippen LogP contribution in [0.15, 0.2) is 121 Å². The van der Waals surface area contributed by atoms with Gasteiger partial charge in [0.15, 0.2) is 0 Å². The highest BCUT2D eigenvalue weighted by Gasteiger charge is 2.30. The molecule has 0 atom stereocenters. The molecule has 0 unspecified atom stereocenters. The third-order valence-electron chi connectivity index (χ3n) is 7.10. The summed E-state index contributed by atoms with van der Waals surface area (Å²) in [6, 6.07) is 41.6. The molecule has 2 nitrogen and oxygen atoms in total. The molecule has 0 bridgehead atoms. The fraction of sp³-hybridized carbons (Fsp3) is 0.250. The van der Waals surface area contributed by atoms with Crippen LogP contribution in [0.3, 0.4) is 0 Å². The van der Waals surface area contributed by atoms with Crippen molar-refractivity contribution in [1.82, 2.24) is 0 Å². The van der Waals surface area contributed by atoms with Gasteiger partial charge in [-0.2, -0.15) is 0 Å². The van der Waals surface area contributed by atoms with Crippen molar-refractivity contribution in [1.29, 1.82) is 0 Å². The van der Waals surface area contributed by atoms with Gasteiger partial charge < -0.3 is 11.5 Å². The zero-order chi connectivity index (χ0) is 25.1. The molecule has 4 rings (SSSR count). The summed E-state index contributed by atoms with van der Waals surface area (Å²) in [5.41, 5.74) is 17.4. The van der Waals surface area contributed by atoms with Crippen molar-refractivity contribution >= 4 is 14.6 Å². The van der Waals surface area contributed by atoms with Gasteiger partial charge in [0.1, 0.15) is 14.6 Å². The summed E-state index contributed by atoms with van der Waals surface area (Å²) in [4.78, 5) is 0. The predicted molar refractivity (Wildman–Crippen MR) is 155 cm³/mol. The largest absolute Gasteiger partial charge is 0.325 e. The third kappa shape index (κ3) is 6.37. The molecule has 4 aromatic rings. The van der Waals surface area contributed by atoms with Gasteiger partial charge in [0.25, 0.3) is 0 Å². The van der Waals surface area contributed by atoms with Gasteiger partial charge in [-0.25, -0.2) is 0 Å². The topological polar surface area (TPSA) is 52.0 Å². The Morgan fingerprint density at radius 2 is 0.639 bits per heavy atom. The van der Waals surface area contributed by atoms with Crippen molar-refractivity contribution in [3.63, 3.8) is 0 Å². The molecule has 0 saturated carbocycles. The van der Waals surface area contributed by atoms with E-state index in [0.717, 1.165) is 47.7 Å². The average molecular weight is 470 g/mol. The van der Waals surface area contributed by atoms with Crippen molar-refractivity contribution in [2.24, 2.45) is 11.5 Å². The number of rotatable bonds is 13. The summed E-state index contributed by atoms with van der Waals surface area (Å²) in [6.45, 7) is 0. The lowest BCUT2D eigenvalue weighted by Crippen LogP contribution is -2.44. The molecular formula is C32H36B2N2. The van der Waals surface area contributed by atoms with E-state index in [4.69, 9.17) is 11.5 Å². The normalized spacial score (nSPS) is 11.7. The van der Waals surface area contributed by atoms with Crippen molar-refractivity contribution < 1.29 is 0 Å². The number of nitrogens with two attached hydrogens (primary N) is 2. The smallest absolute Gasteiger partial charge is 0.149 e. The summed E-state index contributed by atoms with van der Waals surface area (Å²) in [5.74, 6) is 0. The molecule has 4 heteroatoms. The van der Waals surface area contributed by atoms with E-state index in [1.807, 2.05) is 24.3 Å². The fourth-order valence-electron chi connectivity index (χ4n) is 4.96. The fourth-order valence-corrected chi connectivity index (χ4v) is 4.96. The van der Waals surface area contributed by atoms with E-state index >= 15 is 0 Å². The van der Waals surface area contributed by atoms with Crippen molar-refractivity contribution in [2.45, 2.75) is 49.2 Å². The Kier molecular flexibility index (Phi) is 9.22. The molecule has 36 heavy (non-hydrogen) atoms. The monoisotopic (exact) mass is 470 g/mol. The second-order valence-corrected chi connectivity index (χ2v) is 9.60.